The van der Waals surface area contributed by atoms with E-state index in [0.29, 0.717) is 16.7 Å². The van der Waals surface area contributed by atoms with Crippen molar-refractivity contribution in [3.8, 4) is 5.69 Å². The van der Waals surface area contributed by atoms with Gasteiger partial charge in [-0.1, -0.05) is 29.4 Å². The molecule has 0 aliphatic rings. The van der Waals surface area contributed by atoms with Crippen molar-refractivity contribution in [2.75, 3.05) is 0 Å². The number of hydrogen-bond acceptors (Lipinski definition) is 6. The van der Waals surface area contributed by atoms with Gasteiger partial charge in [0.05, 0.1) is 17.5 Å². The molecule has 0 fully saturated rings. The van der Waals surface area contributed by atoms with Gasteiger partial charge in [0, 0.05) is 9.90 Å². The smallest absolute Gasteiger partial charge is 0.233 e. The Labute approximate surface area is 152 Å². The second kappa shape index (κ2) is 7.78. The van der Waals surface area contributed by atoms with Crippen LogP contribution in [0.25, 0.3) is 5.69 Å². The van der Waals surface area contributed by atoms with E-state index < -0.39 is 0 Å². The van der Waals surface area contributed by atoms with E-state index in [1.54, 1.807) is 28.2 Å². The topological polar surface area (TPSA) is 72.7 Å². The molecule has 1 atom stereocenters. The summed E-state index contributed by atoms with van der Waals surface area (Å²) in [5, 5.41) is 17.5. The third kappa shape index (κ3) is 4.14. The molecule has 24 heavy (non-hydrogen) atoms. The molecule has 0 aliphatic heterocycles. The van der Waals surface area contributed by atoms with E-state index in [1.807, 2.05) is 36.6 Å². The molecular weight excluding hydrogens is 366 g/mol. The third-order valence-corrected chi connectivity index (χ3v) is 5.34. The number of aromatic nitrogens is 4. The maximum absolute atomic E-state index is 12.2. The van der Waals surface area contributed by atoms with Crippen molar-refractivity contribution in [2.45, 2.75) is 23.9 Å². The number of halogens is 1. The van der Waals surface area contributed by atoms with Crippen LogP contribution in [0, 0.1) is 0 Å². The van der Waals surface area contributed by atoms with Gasteiger partial charge >= 0.3 is 0 Å². The largest absolute Gasteiger partial charge is 0.350 e. The highest BCUT2D eigenvalue weighted by molar-refractivity contribution is 8.00. The van der Waals surface area contributed by atoms with Crippen LogP contribution < -0.4 is 5.32 Å². The van der Waals surface area contributed by atoms with E-state index in [9.17, 15) is 4.79 Å². The van der Waals surface area contributed by atoms with Crippen LogP contribution in [0.15, 0.2) is 46.9 Å². The second-order valence-corrected chi connectivity index (χ2v) is 7.68. The van der Waals surface area contributed by atoms with Gasteiger partial charge in [0.1, 0.15) is 0 Å². The van der Waals surface area contributed by atoms with Gasteiger partial charge in [-0.05, 0) is 53.1 Å². The Morgan fingerprint density at radius 1 is 1.38 bits per heavy atom. The van der Waals surface area contributed by atoms with E-state index in [4.69, 9.17) is 11.6 Å². The quantitative estimate of drug-likeness (QED) is 0.666. The molecule has 124 valence electrons. The number of carbonyl (C=O) groups is 1. The van der Waals surface area contributed by atoms with Gasteiger partial charge in [-0.3, -0.25) is 4.79 Å². The van der Waals surface area contributed by atoms with E-state index in [2.05, 4.69) is 20.8 Å². The summed E-state index contributed by atoms with van der Waals surface area (Å²) in [6.45, 7) is 2.36. The first kappa shape index (κ1) is 16.9. The Kier molecular flexibility index (Phi) is 5.49. The van der Waals surface area contributed by atoms with Crippen LogP contribution >= 0.6 is 34.7 Å². The molecule has 2 aromatic heterocycles. The number of tetrazole rings is 1. The molecule has 1 aromatic carbocycles. The van der Waals surface area contributed by atoms with Gasteiger partial charge in [-0.15, -0.1) is 16.4 Å². The summed E-state index contributed by atoms with van der Waals surface area (Å²) in [5.41, 5.74) is 0.790. The molecule has 0 saturated heterocycles. The van der Waals surface area contributed by atoms with E-state index in [0.717, 1.165) is 10.6 Å². The molecule has 0 radical (unpaired) electrons. The molecule has 1 unspecified atom stereocenters. The Morgan fingerprint density at radius 3 is 2.88 bits per heavy atom. The van der Waals surface area contributed by atoms with E-state index >= 15 is 0 Å². The van der Waals surface area contributed by atoms with Crippen LogP contribution in [0.2, 0.25) is 5.02 Å². The Hall–Kier alpha value is -1.90. The van der Waals surface area contributed by atoms with Crippen LogP contribution in [-0.2, 0) is 11.3 Å². The van der Waals surface area contributed by atoms with Crippen LogP contribution in [0.1, 0.15) is 11.8 Å². The highest BCUT2D eigenvalue weighted by Gasteiger charge is 2.19. The van der Waals surface area contributed by atoms with Crippen molar-refractivity contribution < 1.29 is 4.79 Å². The number of benzene rings is 1. The van der Waals surface area contributed by atoms with Crippen LogP contribution in [0.5, 0.6) is 0 Å². The average molecular weight is 380 g/mol. The summed E-state index contributed by atoms with van der Waals surface area (Å²) in [7, 11) is 0. The molecular formula is C15H14ClN5OS2. The second-order valence-electron chi connectivity index (χ2n) is 4.91. The van der Waals surface area contributed by atoms with Crippen molar-refractivity contribution in [3.05, 3.63) is 51.7 Å². The Bertz CT molecular complexity index is 804. The summed E-state index contributed by atoms with van der Waals surface area (Å²) in [6, 6.07) is 11.1. The zero-order valence-corrected chi connectivity index (χ0v) is 15.1. The fourth-order valence-electron chi connectivity index (χ4n) is 1.94. The number of nitrogens with zero attached hydrogens (tertiary/aromatic N) is 4. The minimum atomic E-state index is -0.318. The third-order valence-electron chi connectivity index (χ3n) is 3.18. The summed E-state index contributed by atoms with van der Waals surface area (Å²) in [5.74, 6) is -0.0564. The monoisotopic (exact) mass is 379 g/mol. The van der Waals surface area contributed by atoms with Gasteiger partial charge in [0.2, 0.25) is 11.1 Å². The zero-order valence-electron chi connectivity index (χ0n) is 12.7. The molecule has 0 spiro atoms. The lowest BCUT2D eigenvalue weighted by Crippen LogP contribution is -2.30. The fourth-order valence-corrected chi connectivity index (χ4v) is 3.54. The summed E-state index contributed by atoms with van der Waals surface area (Å²) in [4.78, 5) is 13.4. The Morgan fingerprint density at radius 2 is 2.17 bits per heavy atom. The molecule has 3 aromatic rings. The SMILES string of the molecule is CC(Sc1nnnn1-c1ccc(Cl)cc1)C(=O)NCc1cccs1. The lowest BCUT2D eigenvalue weighted by atomic mass is 10.3. The normalized spacial score (nSPS) is 12.1. The summed E-state index contributed by atoms with van der Waals surface area (Å²) < 4.78 is 1.59. The molecule has 1 N–H and O–H groups in total. The first-order valence-corrected chi connectivity index (χ1v) is 9.28. The van der Waals surface area contributed by atoms with Gasteiger partial charge in [-0.25, -0.2) is 0 Å². The van der Waals surface area contributed by atoms with Gasteiger partial charge < -0.3 is 5.32 Å². The number of carbonyl (C=O) groups excluding carboxylic acids is 1. The molecule has 0 bridgehead atoms. The number of rotatable bonds is 6. The van der Waals surface area contributed by atoms with Crippen molar-refractivity contribution in [2.24, 2.45) is 0 Å². The zero-order chi connectivity index (χ0) is 16.9. The molecule has 6 nitrogen and oxygen atoms in total. The van der Waals surface area contributed by atoms with Crippen LogP contribution in [0.3, 0.4) is 0 Å². The number of hydrogen-bond donors (Lipinski definition) is 1. The fraction of sp³-hybridized carbons (Fsp3) is 0.200. The molecule has 0 aliphatic carbocycles. The minimum absolute atomic E-state index is 0.0564. The Balaban J connectivity index is 1.64. The molecule has 9 heteroatoms. The van der Waals surface area contributed by atoms with E-state index in [-0.39, 0.29) is 11.2 Å². The molecule has 3 rings (SSSR count). The first-order valence-electron chi connectivity index (χ1n) is 7.14. The molecule has 0 saturated carbocycles. The van der Waals surface area contributed by atoms with Crippen molar-refractivity contribution in [1.82, 2.24) is 25.5 Å². The molecule has 1 amide bonds. The molecule has 2 heterocycles. The predicted molar refractivity (Wildman–Crippen MR) is 95.6 cm³/mol. The highest BCUT2D eigenvalue weighted by atomic mass is 35.5. The van der Waals surface area contributed by atoms with Gasteiger partial charge in [0.15, 0.2) is 0 Å². The minimum Gasteiger partial charge on any atom is -0.350 e. The number of thiophene rings is 1. The maximum Gasteiger partial charge on any atom is 0.233 e. The lowest BCUT2D eigenvalue weighted by Gasteiger charge is -2.11. The van der Waals surface area contributed by atoms with Crippen LogP contribution in [0.4, 0.5) is 0 Å². The van der Waals surface area contributed by atoms with Crippen molar-refractivity contribution in [3.63, 3.8) is 0 Å². The van der Waals surface area contributed by atoms with Gasteiger partial charge in [0.25, 0.3) is 0 Å². The predicted octanol–water partition coefficient (Wildman–Crippen LogP) is 3.17. The number of nitrogens with one attached hydrogen (secondary N) is 1. The summed E-state index contributed by atoms with van der Waals surface area (Å²) >= 11 is 8.82. The standard InChI is InChI=1S/C15H14ClN5OS2/c1-10(14(22)17-9-13-3-2-8-23-13)24-15-18-19-20-21(15)12-6-4-11(16)5-7-12/h2-8,10H,9H2,1H3,(H,17,22). The number of amides is 1. The van der Waals surface area contributed by atoms with Crippen molar-refractivity contribution >= 4 is 40.6 Å². The number of thioether (sulfide) groups is 1. The lowest BCUT2D eigenvalue weighted by molar-refractivity contribution is -0.120. The van der Waals surface area contributed by atoms with Gasteiger partial charge in [-0.2, -0.15) is 4.68 Å². The maximum atomic E-state index is 12.2. The van der Waals surface area contributed by atoms with Crippen LogP contribution in [-0.4, -0.2) is 31.4 Å². The first-order chi connectivity index (χ1) is 11.6. The van der Waals surface area contributed by atoms with Crippen molar-refractivity contribution in [1.29, 1.82) is 0 Å². The average Bonchev–Trinajstić information content (AvgIpc) is 3.25. The van der Waals surface area contributed by atoms with E-state index in [1.165, 1.54) is 11.8 Å². The highest BCUT2D eigenvalue weighted by Crippen LogP contribution is 2.23. The summed E-state index contributed by atoms with van der Waals surface area (Å²) in [6.07, 6.45) is 0.